The van der Waals surface area contributed by atoms with E-state index in [1.807, 2.05) is 32.6 Å². The van der Waals surface area contributed by atoms with Gasteiger partial charge in [0.2, 0.25) is 5.91 Å². The Morgan fingerprint density at radius 3 is 2.56 bits per heavy atom. The molecule has 0 N–H and O–H groups in total. The predicted octanol–water partition coefficient (Wildman–Crippen LogP) is 5.28. The lowest BCUT2D eigenvalue weighted by atomic mass is 10.0. The van der Waals surface area contributed by atoms with Crippen LogP contribution >= 0.6 is 11.6 Å². The first-order valence-electron chi connectivity index (χ1n) is 14.6. The van der Waals surface area contributed by atoms with Crippen LogP contribution in [0.3, 0.4) is 0 Å². The Bertz CT molecular complexity index is 1920. The quantitative estimate of drug-likeness (QED) is 0.280. The number of rotatable bonds is 3. The third kappa shape index (κ3) is 5.16. The summed E-state index contributed by atoms with van der Waals surface area (Å²) < 4.78 is 43.7. The van der Waals surface area contributed by atoms with Crippen molar-refractivity contribution in [2.75, 3.05) is 31.2 Å². The summed E-state index contributed by atoms with van der Waals surface area (Å²) in [5.41, 5.74) is -0.126. The number of aromatic nitrogens is 4. The number of ether oxygens (including phenoxy) is 2. The second kappa shape index (κ2) is 11.7. The van der Waals surface area contributed by atoms with Crippen LogP contribution in [-0.2, 0) is 4.79 Å². The van der Waals surface area contributed by atoms with Crippen LogP contribution in [0.25, 0.3) is 28.0 Å². The van der Waals surface area contributed by atoms with Crippen molar-refractivity contribution in [2.45, 2.75) is 45.7 Å². The summed E-state index contributed by atoms with van der Waals surface area (Å²) in [6.45, 7) is 11.8. The highest BCUT2D eigenvalue weighted by Crippen LogP contribution is 2.42. The fraction of sp³-hybridized carbons (Fsp3) is 0.344. The first-order chi connectivity index (χ1) is 21.5. The van der Waals surface area contributed by atoms with E-state index in [2.05, 4.69) is 16.5 Å². The summed E-state index contributed by atoms with van der Waals surface area (Å²) in [6, 6.07) is 4.59. The summed E-state index contributed by atoms with van der Waals surface area (Å²) in [5.74, 6) is -1.74. The van der Waals surface area contributed by atoms with E-state index >= 15 is 8.78 Å². The van der Waals surface area contributed by atoms with Gasteiger partial charge >= 0.3 is 5.69 Å². The van der Waals surface area contributed by atoms with Gasteiger partial charge in [0.25, 0.3) is 0 Å². The number of pyridine rings is 2. The molecule has 0 spiro atoms. The van der Waals surface area contributed by atoms with Gasteiger partial charge in [0.15, 0.2) is 17.2 Å². The topological polar surface area (TPSA) is 103 Å². The maximum Gasteiger partial charge on any atom is 0.356 e. The minimum absolute atomic E-state index is 0.00456. The highest BCUT2D eigenvalue weighted by molar-refractivity contribution is 6.34. The van der Waals surface area contributed by atoms with E-state index in [1.165, 1.54) is 10.6 Å². The number of hydrogen-bond acceptors (Lipinski definition) is 8. The highest BCUT2D eigenvalue weighted by atomic mass is 35.5. The van der Waals surface area contributed by atoms with Gasteiger partial charge in [0.05, 0.1) is 27.4 Å². The molecule has 4 aromatic rings. The largest absolute Gasteiger partial charge is 0.488 e. The summed E-state index contributed by atoms with van der Waals surface area (Å²) >= 11 is 6.82. The van der Waals surface area contributed by atoms with E-state index in [1.54, 1.807) is 23.2 Å². The Morgan fingerprint density at radius 2 is 1.82 bits per heavy atom. The van der Waals surface area contributed by atoms with Gasteiger partial charge in [0.1, 0.15) is 36.3 Å². The van der Waals surface area contributed by atoms with Crippen LogP contribution in [0.1, 0.15) is 39.3 Å². The maximum atomic E-state index is 15.5. The zero-order valence-corrected chi connectivity index (χ0v) is 25.9. The van der Waals surface area contributed by atoms with Gasteiger partial charge in [0, 0.05) is 37.4 Å². The number of carbonyl (C=O) groups is 1. The second-order valence-corrected chi connectivity index (χ2v) is 11.8. The number of benzene rings is 1. The van der Waals surface area contributed by atoms with E-state index in [-0.39, 0.29) is 70.6 Å². The maximum absolute atomic E-state index is 15.5. The van der Waals surface area contributed by atoms with E-state index in [0.29, 0.717) is 35.6 Å². The smallest absolute Gasteiger partial charge is 0.356 e. The lowest BCUT2D eigenvalue weighted by Gasteiger charge is -2.44. The molecule has 0 aliphatic carbocycles. The Balaban J connectivity index is 1.70. The number of amides is 1. The number of carbonyl (C=O) groups excluding carboxylic acids is 1. The molecule has 1 amide bonds. The molecule has 2 aliphatic rings. The average Bonchev–Trinajstić information content (AvgIpc) is 3.00. The minimum Gasteiger partial charge on any atom is -0.488 e. The standard InChI is InChI=1S/C32H31ClF2N6O4/c1-6-24(42)39-14-18(5)40(15-17(39)4)30-19-13-20(33)27-25-21(34)7-8-22(35)29(25)45-12-11-44-23-9-10-36-26(16(2)3)28(23)41(31(19)37-27)32(43)38-30/h6-10,13,16-18H,1,11-12,14-15H2,2-5H3. The molecule has 3 aromatic heterocycles. The normalized spacial score (nSPS) is 18.0. The third-order valence-electron chi connectivity index (χ3n) is 8.09. The van der Waals surface area contributed by atoms with Crippen LogP contribution in [0.4, 0.5) is 14.6 Å². The van der Waals surface area contributed by atoms with E-state index in [4.69, 9.17) is 26.1 Å². The molecule has 2 aliphatic heterocycles. The van der Waals surface area contributed by atoms with Crippen LogP contribution < -0.4 is 20.1 Å². The van der Waals surface area contributed by atoms with Crippen molar-refractivity contribution in [1.82, 2.24) is 24.4 Å². The van der Waals surface area contributed by atoms with Crippen LogP contribution in [0.5, 0.6) is 11.5 Å². The van der Waals surface area contributed by atoms with Gasteiger partial charge < -0.3 is 19.3 Å². The molecule has 1 saturated heterocycles. The molecule has 5 heterocycles. The molecular formula is C32H31ClF2N6O4. The number of fused-ring (bicyclic) bond motifs is 5. The van der Waals surface area contributed by atoms with Crippen molar-refractivity contribution in [3.8, 4) is 28.4 Å². The number of hydrogen-bond donors (Lipinski definition) is 0. The Morgan fingerprint density at radius 1 is 1.09 bits per heavy atom. The monoisotopic (exact) mass is 636 g/mol. The zero-order chi connectivity index (χ0) is 32.2. The molecule has 45 heavy (non-hydrogen) atoms. The van der Waals surface area contributed by atoms with Crippen LogP contribution in [0, 0.1) is 11.6 Å². The summed E-state index contributed by atoms with van der Waals surface area (Å²) in [4.78, 5) is 44.2. The van der Waals surface area contributed by atoms with Gasteiger partial charge in [-0.25, -0.2) is 23.1 Å². The Kier molecular flexibility index (Phi) is 7.94. The number of nitrogens with zero attached hydrogens (tertiary/aromatic N) is 6. The SMILES string of the molecule is C=CC(=O)N1CC(C)N(c2nc(=O)n3c4nc(c(Cl)cc24)-c2c(F)ccc(F)c2OCCOc2ccnc(C(C)C)c2-3)CC1C. The molecular weight excluding hydrogens is 606 g/mol. The van der Waals surface area contributed by atoms with Crippen molar-refractivity contribution < 1.29 is 23.0 Å². The summed E-state index contributed by atoms with van der Waals surface area (Å²) in [7, 11) is 0. The van der Waals surface area contributed by atoms with Gasteiger partial charge in [-0.1, -0.05) is 32.0 Å². The van der Waals surface area contributed by atoms with Crippen molar-refractivity contribution in [1.29, 1.82) is 0 Å². The zero-order valence-electron chi connectivity index (χ0n) is 25.2. The minimum atomic E-state index is -0.810. The van der Waals surface area contributed by atoms with Gasteiger partial charge in [-0.3, -0.25) is 9.78 Å². The van der Waals surface area contributed by atoms with Crippen molar-refractivity contribution in [2.24, 2.45) is 0 Å². The van der Waals surface area contributed by atoms with Crippen LogP contribution in [-0.4, -0.2) is 68.7 Å². The first kappa shape index (κ1) is 30.4. The number of anilines is 1. The summed E-state index contributed by atoms with van der Waals surface area (Å²) in [5, 5.41) is 0.377. The fourth-order valence-electron chi connectivity index (χ4n) is 5.95. The molecule has 0 radical (unpaired) electrons. The predicted molar refractivity (Wildman–Crippen MR) is 167 cm³/mol. The molecule has 2 bridgehead atoms. The molecule has 1 aromatic carbocycles. The van der Waals surface area contributed by atoms with Crippen LogP contribution in [0.2, 0.25) is 5.02 Å². The molecule has 2 atom stereocenters. The average molecular weight is 637 g/mol. The molecule has 234 valence electrons. The van der Waals surface area contributed by atoms with E-state index in [9.17, 15) is 9.59 Å². The fourth-order valence-corrected chi connectivity index (χ4v) is 6.20. The van der Waals surface area contributed by atoms with Crippen molar-refractivity contribution in [3.63, 3.8) is 0 Å². The van der Waals surface area contributed by atoms with Gasteiger partial charge in [-0.15, -0.1) is 0 Å². The highest BCUT2D eigenvalue weighted by Gasteiger charge is 2.35. The van der Waals surface area contributed by atoms with E-state index < -0.39 is 17.3 Å². The van der Waals surface area contributed by atoms with Crippen LogP contribution in [0.15, 0.2) is 47.9 Å². The lowest BCUT2D eigenvalue weighted by Crippen LogP contribution is -2.58. The lowest BCUT2D eigenvalue weighted by molar-refractivity contribution is -0.128. The molecule has 13 heteroatoms. The van der Waals surface area contributed by atoms with Gasteiger partial charge in [-0.2, -0.15) is 4.98 Å². The van der Waals surface area contributed by atoms with E-state index in [0.717, 1.165) is 12.1 Å². The molecule has 6 rings (SSSR count). The second-order valence-electron chi connectivity index (χ2n) is 11.4. The van der Waals surface area contributed by atoms with Crippen molar-refractivity contribution >= 4 is 34.4 Å². The molecule has 1 fully saturated rings. The number of piperazine rings is 1. The van der Waals surface area contributed by atoms with Crippen molar-refractivity contribution in [3.05, 3.63) is 76.0 Å². The molecule has 2 unspecified atom stereocenters. The van der Waals surface area contributed by atoms with Gasteiger partial charge in [-0.05, 0) is 44.0 Å². The Labute approximate surface area is 262 Å². The summed E-state index contributed by atoms with van der Waals surface area (Å²) in [6.07, 6.45) is 2.85. The Hall–Kier alpha value is -4.58. The first-order valence-corrected chi connectivity index (χ1v) is 15.0. The number of halogens is 3. The molecule has 10 nitrogen and oxygen atoms in total. The molecule has 0 saturated carbocycles. The third-order valence-corrected chi connectivity index (χ3v) is 8.37.